The number of ether oxygens (including phenoxy) is 3. The maximum absolute atomic E-state index is 6.55. The molecular formula is C23H27NO3. The predicted molar refractivity (Wildman–Crippen MR) is 105 cm³/mol. The Bertz CT molecular complexity index is 819. The Hall–Kier alpha value is -2.20. The van der Waals surface area contributed by atoms with Gasteiger partial charge in [0, 0.05) is 24.6 Å². The zero-order chi connectivity index (χ0) is 18.4. The van der Waals surface area contributed by atoms with Crippen molar-refractivity contribution in [2.45, 2.75) is 44.2 Å². The highest BCUT2D eigenvalue weighted by Gasteiger charge is 2.43. The number of rotatable bonds is 3. The van der Waals surface area contributed by atoms with E-state index in [0.29, 0.717) is 24.7 Å². The van der Waals surface area contributed by atoms with Gasteiger partial charge in [-0.1, -0.05) is 29.8 Å². The van der Waals surface area contributed by atoms with Crippen LogP contribution in [0.3, 0.4) is 0 Å². The van der Waals surface area contributed by atoms with Crippen molar-refractivity contribution in [2.24, 2.45) is 5.92 Å². The van der Waals surface area contributed by atoms with E-state index < -0.39 is 0 Å². The highest BCUT2D eigenvalue weighted by atomic mass is 16.7. The summed E-state index contributed by atoms with van der Waals surface area (Å²) in [5.41, 5.74) is 2.78. The molecule has 1 aliphatic carbocycles. The molecule has 0 aromatic heterocycles. The molecule has 142 valence electrons. The molecule has 4 atom stereocenters. The van der Waals surface area contributed by atoms with Crippen LogP contribution in [0.5, 0.6) is 17.2 Å². The number of benzene rings is 2. The van der Waals surface area contributed by atoms with Crippen molar-refractivity contribution < 1.29 is 14.2 Å². The predicted octanol–water partition coefficient (Wildman–Crippen LogP) is 4.37. The minimum absolute atomic E-state index is 0.228. The Morgan fingerprint density at radius 1 is 1.00 bits per heavy atom. The third-order valence-corrected chi connectivity index (χ3v) is 6.56. The van der Waals surface area contributed by atoms with E-state index in [2.05, 4.69) is 43.1 Å². The van der Waals surface area contributed by atoms with E-state index in [1.54, 1.807) is 0 Å². The van der Waals surface area contributed by atoms with Crippen molar-refractivity contribution in [3.05, 3.63) is 53.6 Å². The summed E-state index contributed by atoms with van der Waals surface area (Å²) in [6.07, 6.45) is 3.76. The van der Waals surface area contributed by atoms with Gasteiger partial charge < -0.3 is 19.1 Å². The van der Waals surface area contributed by atoms with E-state index in [-0.39, 0.29) is 6.10 Å². The molecular weight excluding hydrogens is 338 g/mol. The van der Waals surface area contributed by atoms with Crippen LogP contribution in [0.2, 0.25) is 0 Å². The average Bonchev–Trinajstić information content (AvgIpc) is 3.01. The van der Waals surface area contributed by atoms with Crippen LogP contribution in [0, 0.1) is 12.8 Å². The molecule has 4 heteroatoms. The third kappa shape index (κ3) is 3.16. The van der Waals surface area contributed by atoms with Gasteiger partial charge in [-0.2, -0.15) is 0 Å². The molecule has 0 radical (unpaired) electrons. The highest BCUT2D eigenvalue weighted by Crippen LogP contribution is 2.44. The molecule has 1 unspecified atom stereocenters. The minimum atomic E-state index is 0.228. The van der Waals surface area contributed by atoms with E-state index in [0.717, 1.165) is 30.2 Å². The van der Waals surface area contributed by atoms with Gasteiger partial charge in [0.1, 0.15) is 11.9 Å². The molecule has 4 aliphatic rings. The Kier molecular flexibility index (Phi) is 4.24. The number of hydrogen-bond donors (Lipinski definition) is 0. The van der Waals surface area contributed by atoms with Crippen LogP contribution in [0.15, 0.2) is 42.5 Å². The van der Waals surface area contributed by atoms with Gasteiger partial charge in [-0.3, -0.25) is 0 Å². The summed E-state index contributed by atoms with van der Waals surface area (Å²) in [6, 6.07) is 15.7. The third-order valence-electron chi connectivity index (χ3n) is 6.56. The summed E-state index contributed by atoms with van der Waals surface area (Å²) in [5, 5.41) is 0. The molecule has 0 amide bonds. The number of hydrogen-bond acceptors (Lipinski definition) is 4. The monoisotopic (exact) mass is 365 g/mol. The molecule has 3 aliphatic heterocycles. The number of aryl methyl sites for hydroxylation is 1. The van der Waals surface area contributed by atoms with E-state index in [1.165, 1.54) is 24.0 Å². The van der Waals surface area contributed by atoms with Crippen molar-refractivity contribution in [1.29, 1.82) is 0 Å². The first-order valence-electron chi connectivity index (χ1n) is 10.0. The second-order valence-corrected chi connectivity index (χ2v) is 8.26. The molecule has 3 fully saturated rings. The van der Waals surface area contributed by atoms with E-state index >= 15 is 0 Å². The quantitative estimate of drug-likeness (QED) is 0.808. The highest BCUT2D eigenvalue weighted by molar-refractivity contribution is 5.47. The van der Waals surface area contributed by atoms with Gasteiger partial charge in [0.05, 0.1) is 0 Å². The topological polar surface area (TPSA) is 30.9 Å². The Balaban J connectivity index is 1.42. The second-order valence-electron chi connectivity index (χ2n) is 8.26. The number of piperidine rings is 1. The molecule has 2 bridgehead atoms. The van der Waals surface area contributed by atoms with Crippen LogP contribution in [-0.4, -0.2) is 37.4 Å². The first-order valence-corrected chi connectivity index (χ1v) is 10.0. The molecule has 4 nitrogen and oxygen atoms in total. The lowest BCUT2D eigenvalue weighted by Gasteiger charge is -2.41. The van der Waals surface area contributed by atoms with Gasteiger partial charge >= 0.3 is 0 Å². The second kappa shape index (κ2) is 6.75. The van der Waals surface area contributed by atoms with E-state index in [9.17, 15) is 0 Å². The van der Waals surface area contributed by atoms with Crippen LogP contribution in [0.1, 0.15) is 36.3 Å². The van der Waals surface area contributed by atoms with Crippen molar-refractivity contribution in [3.63, 3.8) is 0 Å². The summed E-state index contributed by atoms with van der Waals surface area (Å²) in [4.78, 5) is 2.54. The molecule has 2 aromatic rings. The molecule has 27 heavy (non-hydrogen) atoms. The zero-order valence-corrected chi connectivity index (χ0v) is 16.1. The van der Waals surface area contributed by atoms with Crippen LogP contribution in [0.25, 0.3) is 0 Å². The fourth-order valence-corrected chi connectivity index (χ4v) is 5.01. The molecule has 2 saturated heterocycles. The van der Waals surface area contributed by atoms with Gasteiger partial charge in [0.25, 0.3) is 0 Å². The molecule has 2 aromatic carbocycles. The van der Waals surface area contributed by atoms with Crippen molar-refractivity contribution in [3.8, 4) is 17.2 Å². The molecule has 6 rings (SSSR count). The van der Waals surface area contributed by atoms with Crippen molar-refractivity contribution in [1.82, 2.24) is 4.90 Å². The number of nitrogens with zero attached hydrogens (tertiary/aromatic N) is 1. The lowest BCUT2D eigenvalue weighted by Crippen LogP contribution is -2.45. The summed E-state index contributed by atoms with van der Waals surface area (Å²) in [6.45, 7) is 3.55. The van der Waals surface area contributed by atoms with Gasteiger partial charge in [-0.05, 0) is 56.8 Å². The lowest BCUT2D eigenvalue weighted by atomic mass is 9.77. The lowest BCUT2D eigenvalue weighted by molar-refractivity contribution is 0.0704. The van der Waals surface area contributed by atoms with Gasteiger partial charge in [-0.15, -0.1) is 0 Å². The molecule has 0 N–H and O–H groups in total. The first kappa shape index (κ1) is 16.9. The fourth-order valence-electron chi connectivity index (χ4n) is 5.01. The largest absolute Gasteiger partial charge is 0.490 e. The smallest absolute Gasteiger partial charge is 0.231 e. The Labute approximate surface area is 161 Å². The minimum Gasteiger partial charge on any atom is -0.490 e. The Morgan fingerprint density at radius 3 is 2.67 bits per heavy atom. The zero-order valence-electron chi connectivity index (χ0n) is 16.1. The van der Waals surface area contributed by atoms with Crippen LogP contribution in [0.4, 0.5) is 0 Å². The maximum Gasteiger partial charge on any atom is 0.231 e. The summed E-state index contributed by atoms with van der Waals surface area (Å²) < 4.78 is 17.5. The van der Waals surface area contributed by atoms with Gasteiger partial charge in [0.15, 0.2) is 11.5 Å². The number of fused-ring (bicyclic) bond motifs is 5. The van der Waals surface area contributed by atoms with Crippen LogP contribution < -0.4 is 14.2 Å². The van der Waals surface area contributed by atoms with Crippen molar-refractivity contribution in [2.75, 3.05) is 20.4 Å². The molecule has 1 saturated carbocycles. The molecule has 0 spiro atoms. The normalized spacial score (nSPS) is 29.6. The van der Waals surface area contributed by atoms with Crippen LogP contribution >= 0.6 is 0 Å². The summed E-state index contributed by atoms with van der Waals surface area (Å²) in [7, 11) is 2.27. The SMILES string of the molecule is Cc1ccc(C2C[C@@H]3CC[C@H](Oc4ccc5c(c4)OCO5)[C@H]2CN3C)cc1. The van der Waals surface area contributed by atoms with E-state index in [1.807, 2.05) is 18.2 Å². The average molecular weight is 365 g/mol. The van der Waals surface area contributed by atoms with E-state index in [4.69, 9.17) is 14.2 Å². The van der Waals surface area contributed by atoms with Gasteiger partial charge in [0.2, 0.25) is 6.79 Å². The first-order chi connectivity index (χ1) is 13.2. The van der Waals surface area contributed by atoms with Crippen molar-refractivity contribution >= 4 is 0 Å². The molecule has 3 heterocycles. The van der Waals surface area contributed by atoms with Crippen LogP contribution in [-0.2, 0) is 0 Å². The summed E-state index contributed by atoms with van der Waals surface area (Å²) >= 11 is 0. The maximum atomic E-state index is 6.55. The standard InChI is InChI=1S/C23H27NO3/c1-15-3-5-16(6-4-15)19-11-17-7-9-21(20(19)13-24(17)2)27-18-8-10-22-23(12-18)26-14-25-22/h3-6,8,10,12,17,19-21H,7,9,11,13-14H2,1-2H3/t17-,19?,20-,21-/m0/s1. The summed E-state index contributed by atoms with van der Waals surface area (Å²) in [5.74, 6) is 3.55. The fraction of sp³-hybridized carbons (Fsp3) is 0.478. The van der Waals surface area contributed by atoms with Gasteiger partial charge in [-0.25, -0.2) is 0 Å². The Morgan fingerprint density at radius 2 is 1.81 bits per heavy atom.